The number of nitrogens with one attached hydrogen (secondary N) is 1. The van der Waals surface area contributed by atoms with Crippen molar-refractivity contribution in [2.24, 2.45) is 0 Å². The average Bonchev–Trinajstić information content (AvgIpc) is 2.07. The molecule has 0 spiro atoms. The predicted octanol–water partition coefficient (Wildman–Crippen LogP) is 2.54. The third-order valence-corrected chi connectivity index (χ3v) is 2.08. The van der Waals surface area contributed by atoms with Crippen molar-refractivity contribution in [3.05, 3.63) is 28.8 Å². The largest absolute Gasteiger partial charge is 0.506 e. The standard InChI is InChI=1S/C10H14ClNO/c1-7(2)12-6-8-4-3-5-9(11)10(8)13/h3-5,7,12-13H,6H2,1-2H3. The molecule has 0 atom stereocenters. The van der Waals surface area contributed by atoms with Gasteiger partial charge in [-0.3, -0.25) is 0 Å². The molecule has 0 radical (unpaired) electrons. The van der Waals surface area contributed by atoms with E-state index in [0.29, 0.717) is 17.6 Å². The first-order valence-electron chi connectivity index (χ1n) is 4.31. The van der Waals surface area contributed by atoms with Crippen LogP contribution in [0.2, 0.25) is 5.02 Å². The fourth-order valence-electron chi connectivity index (χ4n) is 1.02. The molecule has 0 unspecified atom stereocenters. The molecular formula is C10H14ClNO. The molecule has 13 heavy (non-hydrogen) atoms. The minimum absolute atomic E-state index is 0.178. The second-order valence-corrected chi connectivity index (χ2v) is 3.69. The number of phenolic OH excluding ortho intramolecular Hbond substituents is 1. The van der Waals surface area contributed by atoms with Gasteiger partial charge in [0, 0.05) is 18.2 Å². The maximum absolute atomic E-state index is 9.54. The van der Waals surface area contributed by atoms with E-state index in [-0.39, 0.29) is 5.75 Å². The zero-order valence-corrected chi connectivity index (χ0v) is 8.60. The van der Waals surface area contributed by atoms with E-state index in [1.807, 2.05) is 12.1 Å². The Bertz CT molecular complexity index is 286. The smallest absolute Gasteiger partial charge is 0.138 e. The number of halogens is 1. The Morgan fingerprint density at radius 1 is 1.46 bits per heavy atom. The topological polar surface area (TPSA) is 32.3 Å². The Kier molecular flexibility index (Phi) is 3.58. The lowest BCUT2D eigenvalue weighted by Crippen LogP contribution is -2.21. The Balaban J connectivity index is 2.71. The summed E-state index contributed by atoms with van der Waals surface area (Å²) in [6, 6.07) is 5.77. The van der Waals surface area contributed by atoms with E-state index in [9.17, 15) is 5.11 Å². The van der Waals surface area contributed by atoms with Crippen LogP contribution in [0.15, 0.2) is 18.2 Å². The summed E-state index contributed by atoms with van der Waals surface area (Å²) >= 11 is 5.75. The van der Waals surface area contributed by atoms with E-state index in [4.69, 9.17) is 11.6 Å². The van der Waals surface area contributed by atoms with E-state index in [1.165, 1.54) is 0 Å². The molecule has 72 valence electrons. The van der Waals surface area contributed by atoms with Crippen LogP contribution < -0.4 is 5.32 Å². The lowest BCUT2D eigenvalue weighted by Gasteiger charge is -2.09. The van der Waals surface area contributed by atoms with Crippen molar-refractivity contribution in [3.63, 3.8) is 0 Å². The van der Waals surface area contributed by atoms with E-state index in [0.717, 1.165) is 5.56 Å². The highest BCUT2D eigenvalue weighted by Crippen LogP contribution is 2.26. The van der Waals surface area contributed by atoms with Crippen molar-refractivity contribution in [2.45, 2.75) is 26.4 Å². The number of phenols is 1. The summed E-state index contributed by atoms with van der Waals surface area (Å²) in [6.07, 6.45) is 0. The normalized spacial score (nSPS) is 10.8. The molecule has 0 bridgehead atoms. The molecule has 0 heterocycles. The second kappa shape index (κ2) is 4.49. The highest BCUT2D eigenvalue weighted by molar-refractivity contribution is 6.32. The molecule has 0 fully saturated rings. The van der Waals surface area contributed by atoms with Crippen molar-refractivity contribution < 1.29 is 5.11 Å². The molecule has 2 N–H and O–H groups in total. The van der Waals surface area contributed by atoms with Crippen LogP contribution in [0.4, 0.5) is 0 Å². The van der Waals surface area contributed by atoms with Crippen molar-refractivity contribution in [1.29, 1.82) is 0 Å². The summed E-state index contributed by atoms with van der Waals surface area (Å²) in [5, 5.41) is 13.2. The van der Waals surface area contributed by atoms with Crippen molar-refractivity contribution in [3.8, 4) is 5.75 Å². The quantitative estimate of drug-likeness (QED) is 0.784. The van der Waals surface area contributed by atoms with Crippen LogP contribution in [0.25, 0.3) is 0 Å². The van der Waals surface area contributed by atoms with Gasteiger partial charge in [-0.1, -0.05) is 37.6 Å². The van der Waals surface area contributed by atoms with Gasteiger partial charge in [-0.05, 0) is 6.07 Å². The first-order chi connectivity index (χ1) is 6.11. The molecule has 0 amide bonds. The number of aromatic hydroxyl groups is 1. The van der Waals surface area contributed by atoms with Gasteiger partial charge >= 0.3 is 0 Å². The van der Waals surface area contributed by atoms with Crippen molar-refractivity contribution in [1.82, 2.24) is 5.32 Å². The van der Waals surface area contributed by atoms with Crippen LogP contribution in [0.5, 0.6) is 5.75 Å². The average molecular weight is 200 g/mol. The van der Waals surface area contributed by atoms with E-state index in [1.54, 1.807) is 6.07 Å². The minimum atomic E-state index is 0.178. The Morgan fingerprint density at radius 2 is 2.15 bits per heavy atom. The van der Waals surface area contributed by atoms with Gasteiger partial charge in [-0.25, -0.2) is 0 Å². The van der Waals surface area contributed by atoms with Gasteiger partial charge in [0.1, 0.15) is 5.75 Å². The third kappa shape index (κ3) is 2.90. The molecule has 0 aliphatic heterocycles. The van der Waals surface area contributed by atoms with Crippen LogP contribution in [-0.2, 0) is 6.54 Å². The summed E-state index contributed by atoms with van der Waals surface area (Å²) in [6.45, 7) is 4.76. The summed E-state index contributed by atoms with van der Waals surface area (Å²) in [4.78, 5) is 0. The molecule has 0 aliphatic carbocycles. The highest BCUT2D eigenvalue weighted by atomic mass is 35.5. The molecule has 1 aromatic rings. The van der Waals surface area contributed by atoms with Gasteiger partial charge in [0.25, 0.3) is 0 Å². The van der Waals surface area contributed by atoms with Crippen LogP contribution in [0.3, 0.4) is 0 Å². The number of hydrogen-bond acceptors (Lipinski definition) is 2. The monoisotopic (exact) mass is 199 g/mol. The Hall–Kier alpha value is -0.730. The fourth-order valence-corrected chi connectivity index (χ4v) is 1.21. The zero-order chi connectivity index (χ0) is 9.84. The van der Waals surface area contributed by atoms with Gasteiger partial charge in [0.05, 0.1) is 5.02 Å². The van der Waals surface area contributed by atoms with Gasteiger partial charge < -0.3 is 10.4 Å². The number of rotatable bonds is 3. The molecule has 2 nitrogen and oxygen atoms in total. The van der Waals surface area contributed by atoms with Crippen LogP contribution in [-0.4, -0.2) is 11.1 Å². The molecule has 0 saturated heterocycles. The molecule has 1 rings (SSSR count). The molecule has 3 heteroatoms. The Morgan fingerprint density at radius 3 is 2.77 bits per heavy atom. The van der Waals surface area contributed by atoms with E-state index < -0.39 is 0 Å². The number of hydrogen-bond donors (Lipinski definition) is 2. The number of benzene rings is 1. The first kappa shape index (κ1) is 10.4. The first-order valence-corrected chi connectivity index (χ1v) is 4.69. The van der Waals surface area contributed by atoms with Crippen LogP contribution >= 0.6 is 11.6 Å². The maximum Gasteiger partial charge on any atom is 0.138 e. The summed E-state index contributed by atoms with van der Waals surface area (Å²) in [5.41, 5.74) is 0.834. The lowest BCUT2D eigenvalue weighted by molar-refractivity contribution is 0.461. The van der Waals surface area contributed by atoms with Crippen LogP contribution in [0, 0.1) is 0 Å². The SMILES string of the molecule is CC(C)NCc1cccc(Cl)c1O. The highest BCUT2D eigenvalue weighted by Gasteiger charge is 2.04. The summed E-state index contributed by atoms with van der Waals surface area (Å²) in [7, 11) is 0. The lowest BCUT2D eigenvalue weighted by atomic mass is 10.2. The second-order valence-electron chi connectivity index (χ2n) is 3.28. The molecule has 0 aromatic heterocycles. The zero-order valence-electron chi connectivity index (χ0n) is 7.84. The number of para-hydroxylation sites is 1. The van der Waals surface area contributed by atoms with Crippen molar-refractivity contribution >= 4 is 11.6 Å². The molecule has 0 saturated carbocycles. The van der Waals surface area contributed by atoms with Crippen molar-refractivity contribution in [2.75, 3.05) is 0 Å². The van der Waals surface area contributed by atoms with Crippen LogP contribution in [0.1, 0.15) is 19.4 Å². The minimum Gasteiger partial charge on any atom is -0.506 e. The summed E-state index contributed by atoms with van der Waals surface area (Å²) in [5.74, 6) is 0.178. The van der Waals surface area contributed by atoms with E-state index in [2.05, 4.69) is 19.2 Å². The maximum atomic E-state index is 9.54. The van der Waals surface area contributed by atoms with E-state index >= 15 is 0 Å². The van der Waals surface area contributed by atoms with Gasteiger partial charge in [-0.15, -0.1) is 0 Å². The third-order valence-electron chi connectivity index (χ3n) is 1.77. The fraction of sp³-hybridized carbons (Fsp3) is 0.400. The van der Waals surface area contributed by atoms with Gasteiger partial charge in [-0.2, -0.15) is 0 Å². The summed E-state index contributed by atoms with van der Waals surface area (Å²) < 4.78 is 0. The van der Waals surface area contributed by atoms with Gasteiger partial charge in [0.15, 0.2) is 0 Å². The molecule has 1 aromatic carbocycles. The Labute approximate surface area is 83.5 Å². The van der Waals surface area contributed by atoms with Gasteiger partial charge in [0.2, 0.25) is 0 Å². The predicted molar refractivity (Wildman–Crippen MR) is 55.1 cm³/mol. The molecular weight excluding hydrogens is 186 g/mol. The molecule has 0 aliphatic rings.